The summed E-state index contributed by atoms with van der Waals surface area (Å²) in [4.78, 5) is 24.5. The molecular formula is C20H26O8. The van der Waals surface area contributed by atoms with Crippen molar-refractivity contribution in [2.45, 2.75) is 50.9 Å². The molecule has 0 spiro atoms. The highest BCUT2D eigenvalue weighted by molar-refractivity contribution is 5.97. The Kier molecular flexibility index (Phi) is 7.98. The fraction of sp³-hybridized carbons (Fsp3) is 0.500. The predicted molar refractivity (Wildman–Crippen MR) is 100 cm³/mol. The van der Waals surface area contributed by atoms with Crippen LogP contribution < -0.4 is 4.74 Å². The van der Waals surface area contributed by atoms with Gasteiger partial charge in [-0.3, -0.25) is 4.79 Å². The summed E-state index contributed by atoms with van der Waals surface area (Å²) in [6.45, 7) is 1.64. The zero-order valence-electron chi connectivity index (χ0n) is 16.0. The molecule has 3 N–H and O–H groups in total. The number of cyclic esters (lactones) is 1. The van der Waals surface area contributed by atoms with E-state index in [2.05, 4.69) is 0 Å². The third kappa shape index (κ3) is 5.79. The van der Waals surface area contributed by atoms with Gasteiger partial charge in [-0.15, -0.1) is 0 Å². The van der Waals surface area contributed by atoms with Crippen LogP contribution in [0.2, 0.25) is 0 Å². The summed E-state index contributed by atoms with van der Waals surface area (Å²) in [7, 11) is 1.45. The molecule has 3 unspecified atom stereocenters. The highest BCUT2D eigenvalue weighted by Crippen LogP contribution is 2.30. The van der Waals surface area contributed by atoms with E-state index in [4.69, 9.17) is 14.2 Å². The van der Waals surface area contributed by atoms with Crippen LogP contribution in [0, 0.1) is 0 Å². The maximum Gasteiger partial charge on any atom is 0.342 e. The molecule has 0 amide bonds. The van der Waals surface area contributed by atoms with Crippen LogP contribution >= 0.6 is 0 Å². The number of Topliss-reactive ketones (excluding diaryl/α,β-unsaturated/α-hetero) is 1. The molecule has 1 aliphatic rings. The molecule has 2 rings (SSSR count). The molecule has 1 aromatic rings. The number of methoxy groups -OCH3 is 1. The lowest BCUT2D eigenvalue weighted by molar-refractivity contribution is -0.132. The van der Waals surface area contributed by atoms with Crippen LogP contribution in [0.5, 0.6) is 11.5 Å². The summed E-state index contributed by atoms with van der Waals surface area (Å²) >= 11 is 0. The molecule has 154 valence electrons. The topological polar surface area (TPSA) is 123 Å². The molecule has 1 aromatic carbocycles. The van der Waals surface area contributed by atoms with Gasteiger partial charge in [0.1, 0.15) is 23.2 Å². The maximum absolute atomic E-state index is 12.6. The van der Waals surface area contributed by atoms with E-state index in [0.717, 1.165) is 0 Å². The number of rotatable bonds is 3. The second kappa shape index (κ2) is 10.2. The molecular weight excluding hydrogens is 368 g/mol. The van der Waals surface area contributed by atoms with E-state index in [9.17, 15) is 24.9 Å². The third-order valence-corrected chi connectivity index (χ3v) is 4.38. The summed E-state index contributed by atoms with van der Waals surface area (Å²) in [5.74, 6) is -1.19. The van der Waals surface area contributed by atoms with Crippen molar-refractivity contribution in [2.24, 2.45) is 0 Å². The number of ketones is 1. The predicted octanol–water partition coefficient (Wildman–Crippen LogP) is 1.80. The fourth-order valence-electron chi connectivity index (χ4n) is 2.88. The van der Waals surface area contributed by atoms with Gasteiger partial charge in [-0.25, -0.2) is 4.79 Å². The Morgan fingerprint density at radius 1 is 1.25 bits per heavy atom. The maximum atomic E-state index is 12.6. The minimum atomic E-state index is -1.48. The first-order chi connectivity index (χ1) is 13.3. The molecule has 1 aliphatic heterocycles. The van der Waals surface area contributed by atoms with E-state index >= 15 is 0 Å². The van der Waals surface area contributed by atoms with Gasteiger partial charge in [0, 0.05) is 19.6 Å². The van der Waals surface area contributed by atoms with Gasteiger partial charge in [-0.05, 0) is 37.8 Å². The molecule has 3 atom stereocenters. The van der Waals surface area contributed by atoms with Crippen molar-refractivity contribution in [1.82, 2.24) is 0 Å². The number of phenols is 1. The SMILES string of the molecule is COCOc1cc(O)c2c(c1)/C=C/CC(O)C(O)C(=O)CCCC(C)OC2=O. The van der Waals surface area contributed by atoms with Gasteiger partial charge in [-0.1, -0.05) is 12.2 Å². The van der Waals surface area contributed by atoms with Crippen molar-refractivity contribution >= 4 is 17.8 Å². The van der Waals surface area contributed by atoms with Crippen molar-refractivity contribution in [2.75, 3.05) is 13.9 Å². The number of aliphatic hydroxyl groups excluding tert-OH is 2. The van der Waals surface area contributed by atoms with Gasteiger partial charge in [0.25, 0.3) is 0 Å². The number of aliphatic hydroxyl groups is 2. The monoisotopic (exact) mass is 394 g/mol. The smallest absolute Gasteiger partial charge is 0.342 e. The molecule has 0 saturated heterocycles. The zero-order chi connectivity index (χ0) is 20.7. The summed E-state index contributed by atoms with van der Waals surface area (Å²) in [6.07, 6.45) is 0.626. The second-order valence-electron chi connectivity index (χ2n) is 6.68. The second-order valence-corrected chi connectivity index (χ2v) is 6.68. The molecule has 0 aromatic heterocycles. The Labute approximate surface area is 163 Å². The van der Waals surface area contributed by atoms with Crippen molar-refractivity contribution in [3.05, 3.63) is 29.3 Å². The fourth-order valence-corrected chi connectivity index (χ4v) is 2.88. The first-order valence-electron chi connectivity index (χ1n) is 9.08. The Morgan fingerprint density at radius 2 is 2.00 bits per heavy atom. The van der Waals surface area contributed by atoms with Gasteiger partial charge in [0.05, 0.1) is 12.2 Å². The number of fused-ring (bicyclic) bond motifs is 1. The summed E-state index contributed by atoms with van der Waals surface area (Å²) in [5.41, 5.74) is 0.282. The molecule has 1 heterocycles. The number of ether oxygens (including phenoxy) is 3. The molecule has 8 nitrogen and oxygen atoms in total. The summed E-state index contributed by atoms with van der Waals surface area (Å²) < 4.78 is 15.5. The lowest BCUT2D eigenvalue weighted by atomic mass is 9.99. The zero-order valence-corrected chi connectivity index (χ0v) is 16.0. The number of aromatic hydroxyl groups is 1. The van der Waals surface area contributed by atoms with Gasteiger partial charge in [0.2, 0.25) is 0 Å². The molecule has 0 bridgehead atoms. The minimum Gasteiger partial charge on any atom is -0.507 e. The number of esters is 1. The van der Waals surface area contributed by atoms with E-state index in [1.54, 1.807) is 6.92 Å². The Balaban J connectivity index is 2.40. The van der Waals surface area contributed by atoms with Gasteiger partial charge >= 0.3 is 5.97 Å². The molecule has 0 fully saturated rings. The van der Waals surface area contributed by atoms with E-state index in [1.807, 2.05) is 0 Å². The molecule has 8 heteroatoms. The van der Waals surface area contributed by atoms with Crippen LogP contribution in [-0.4, -0.2) is 59.3 Å². The van der Waals surface area contributed by atoms with Crippen molar-refractivity contribution in [1.29, 1.82) is 0 Å². The molecule has 0 saturated carbocycles. The summed E-state index contributed by atoms with van der Waals surface area (Å²) in [6, 6.07) is 2.81. The van der Waals surface area contributed by atoms with Crippen molar-refractivity contribution in [3.8, 4) is 11.5 Å². The third-order valence-electron chi connectivity index (χ3n) is 4.38. The van der Waals surface area contributed by atoms with E-state index in [-0.39, 0.29) is 36.7 Å². The number of carbonyl (C=O) groups excluding carboxylic acids is 2. The normalized spacial score (nSPS) is 25.4. The van der Waals surface area contributed by atoms with Crippen molar-refractivity contribution in [3.63, 3.8) is 0 Å². The van der Waals surface area contributed by atoms with E-state index < -0.39 is 30.1 Å². The first kappa shape index (κ1) is 21.9. The van der Waals surface area contributed by atoms with Crippen LogP contribution in [0.15, 0.2) is 18.2 Å². The molecule has 0 radical (unpaired) electrons. The lowest BCUT2D eigenvalue weighted by Gasteiger charge is -2.18. The number of hydrogen-bond acceptors (Lipinski definition) is 8. The highest BCUT2D eigenvalue weighted by atomic mass is 16.7. The average Bonchev–Trinajstić information content (AvgIpc) is 2.64. The lowest BCUT2D eigenvalue weighted by Crippen LogP contribution is -2.33. The highest BCUT2D eigenvalue weighted by Gasteiger charge is 2.25. The van der Waals surface area contributed by atoms with E-state index in [0.29, 0.717) is 18.4 Å². The average molecular weight is 394 g/mol. The van der Waals surface area contributed by atoms with Crippen molar-refractivity contribution < 1.29 is 39.1 Å². The Hall–Kier alpha value is -2.42. The van der Waals surface area contributed by atoms with Crippen LogP contribution in [0.1, 0.15) is 48.5 Å². The van der Waals surface area contributed by atoms with Gasteiger partial charge in [0.15, 0.2) is 12.6 Å². The minimum absolute atomic E-state index is 0.0122. The van der Waals surface area contributed by atoms with Crippen LogP contribution in [0.25, 0.3) is 6.08 Å². The number of benzene rings is 1. The Bertz CT molecular complexity index is 727. The van der Waals surface area contributed by atoms with E-state index in [1.165, 1.54) is 31.4 Å². The van der Waals surface area contributed by atoms with Gasteiger partial charge in [-0.2, -0.15) is 0 Å². The molecule has 0 aliphatic carbocycles. The number of phenolic OH excluding ortho intramolecular Hbond substituents is 1. The van der Waals surface area contributed by atoms with Crippen LogP contribution in [0.4, 0.5) is 0 Å². The largest absolute Gasteiger partial charge is 0.507 e. The number of carbonyl (C=O) groups is 2. The first-order valence-corrected chi connectivity index (χ1v) is 9.08. The van der Waals surface area contributed by atoms with Crippen LogP contribution in [0.3, 0.4) is 0 Å². The quantitative estimate of drug-likeness (QED) is 0.524. The Morgan fingerprint density at radius 3 is 2.71 bits per heavy atom. The standard InChI is InChI=1S/C20H26O8/c1-12-5-3-7-15(21)19(24)16(22)8-4-6-13-9-14(27-11-26-2)10-17(23)18(13)20(25)28-12/h4,6,9-10,12,16,19,22-24H,3,5,7-8,11H2,1-2H3/b6-4+. The van der Waals surface area contributed by atoms with Gasteiger partial charge < -0.3 is 29.5 Å². The van der Waals surface area contributed by atoms with Crippen LogP contribution in [-0.2, 0) is 14.3 Å². The summed E-state index contributed by atoms with van der Waals surface area (Å²) in [5, 5.41) is 30.3. The number of hydrogen-bond donors (Lipinski definition) is 3. The molecule has 28 heavy (non-hydrogen) atoms.